The molecule has 0 atom stereocenters. The molecule has 0 saturated carbocycles. The largest absolute Gasteiger partial charge is 0.360 e. The van der Waals surface area contributed by atoms with Crippen LogP contribution in [-0.4, -0.2) is 40.3 Å². The zero-order valence-electron chi connectivity index (χ0n) is 18.3. The quantitative estimate of drug-likeness (QED) is 0.237. The number of nitrogens with zero attached hydrogens (tertiary/aromatic N) is 4. The van der Waals surface area contributed by atoms with Gasteiger partial charge in [0.15, 0.2) is 6.29 Å². The van der Waals surface area contributed by atoms with Gasteiger partial charge in [0.1, 0.15) is 12.4 Å². The predicted molar refractivity (Wildman–Crippen MR) is 123 cm³/mol. The van der Waals surface area contributed by atoms with Crippen LogP contribution in [0.3, 0.4) is 0 Å². The summed E-state index contributed by atoms with van der Waals surface area (Å²) in [6.07, 6.45) is 4.76. The molecule has 0 unspecified atom stereocenters. The summed E-state index contributed by atoms with van der Waals surface area (Å²) in [5.74, 6) is 0. The van der Waals surface area contributed by atoms with Crippen molar-refractivity contribution in [1.82, 2.24) is 19.3 Å². The van der Waals surface area contributed by atoms with Crippen molar-refractivity contribution in [2.24, 2.45) is 0 Å². The molecule has 0 spiro atoms. The van der Waals surface area contributed by atoms with Gasteiger partial charge in [-0.2, -0.15) is 5.10 Å². The van der Waals surface area contributed by atoms with E-state index in [1.807, 2.05) is 40.7 Å². The third kappa shape index (κ3) is 4.08. The lowest BCUT2D eigenvalue weighted by molar-refractivity contribution is 0.0791. The van der Waals surface area contributed by atoms with Gasteiger partial charge in [-0.1, -0.05) is 19.6 Å². The first-order valence-corrected chi connectivity index (χ1v) is 14.0. The molecule has 6 nitrogen and oxygen atoms in total. The second kappa shape index (κ2) is 7.81. The Balaban J connectivity index is 1.68. The second-order valence-corrected chi connectivity index (χ2v) is 14.7. The highest BCUT2D eigenvalue weighted by Crippen LogP contribution is 2.27. The minimum atomic E-state index is -1.10. The summed E-state index contributed by atoms with van der Waals surface area (Å²) in [4.78, 5) is 16.2. The van der Waals surface area contributed by atoms with E-state index in [9.17, 15) is 4.79 Å². The van der Waals surface area contributed by atoms with Gasteiger partial charge < -0.3 is 9.30 Å². The molecule has 30 heavy (non-hydrogen) atoms. The molecule has 1 aromatic carbocycles. The summed E-state index contributed by atoms with van der Waals surface area (Å²) in [5.41, 5.74) is 5.35. The van der Waals surface area contributed by atoms with Gasteiger partial charge in [-0.3, -0.25) is 4.79 Å². The molecule has 0 fully saturated rings. The molecule has 3 aromatic heterocycles. The van der Waals surface area contributed by atoms with Crippen LogP contribution in [0.15, 0.2) is 36.7 Å². The van der Waals surface area contributed by atoms with Gasteiger partial charge in [0.25, 0.3) is 0 Å². The number of rotatable bonds is 7. The zero-order chi connectivity index (χ0) is 21.5. The SMILES string of the molecule is Cc1ccc2c(C=O)cn(-c3cc(C)c4nn(COCC[Si](C)(C)C)cc4c3)c2n1. The van der Waals surface area contributed by atoms with Gasteiger partial charge >= 0.3 is 0 Å². The molecule has 0 radical (unpaired) electrons. The molecule has 156 valence electrons. The summed E-state index contributed by atoms with van der Waals surface area (Å²) >= 11 is 0. The summed E-state index contributed by atoms with van der Waals surface area (Å²) in [6.45, 7) is 12.3. The van der Waals surface area contributed by atoms with Crippen LogP contribution in [-0.2, 0) is 11.5 Å². The fraction of sp³-hybridized carbons (Fsp3) is 0.348. The van der Waals surface area contributed by atoms with Crippen molar-refractivity contribution < 1.29 is 9.53 Å². The molecular formula is C23H28N4O2Si. The Morgan fingerprint density at radius 3 is 2.67 bits per heavy atom. The van der Waals surface area contributed by atoms with Gasteiger partial charge in [-0.15, -0.1) is 0 Å². The zero-order valence-corrected chi connectivity index (χ0v) is 19.3. The molecule has 0 bridgehead atoms. The van der Waals surface area contributed by atoms with E-state index < -0.39 is 8.07 Å². The van der Waals surface area contributed by atoms with Crippen molar-refractivity contribution in [2.75, 3.05) is 6.61 Å². The molecule has 0 aliphatic rings. The second-order valence-electron chi connectivity index (χ2n) is 9.11. The Kier molecular flexibility index (Phi) is 5.34. The first-order valence-electron chi connectivity index (χ1n) is 10.2. The highest BCUT2D eigenvalue weighted by atomic mass is 28.3. The maximum absolute atomic E-state index is 11.6. The summed E-state index contributed by atoms with van der Waals surface area (Å²) < 4.78 is 9.70. The Hall–Kier alpha value is -2.77. The van der Waals surface area contributed by atoms with Crippen molar-refractivity contribution in [3.63, 3.8) is 0 Å². The number of aromatic nitrogens is 4. The normalized spacial score (nSPS) is 12.2. The minimum absolute atomic E-state index is 0.455. The van der Waals surface area contributed by atoms with E-state index in [1.54, 1.807) is 0 Å². The van der Waals surface area contributed by atoms with Crippen LogP contribution in [0, 0.1) is 13.8 Å². The van der Waals surface area contributed by atoms with Crippen molar-refractivity contribution in [3.05, 3.63) is 53.5 Å². The third-order valence-electron chi connectivity index (χ3n) is 5.28. The number of ether oxygens (including phenoxy) is 1. The van der Waals surface area contributed by atoms with Crippen LogP contribution in [0.1, 0.15) is 21.6 Å². The van der Waals surface area contributed by atoms with Crippen molar-refractivity contribution in [2.45, 2.75) is 46.3 Å². The number of carbonyl (C=O) groups excluding carboxylic acids is 1. The number of carbonyl (C=O) groups is 1. The lowest BCUT2D eigenvalue weighted by Gasteiger charge is -2.15. The number of fused-ring (bicyclic) bond motifs is 2. The van der Waals surface area contributed by atoms with Crippen LogP contribution >= 0.6 is 0 Å². The molecule has 4 rings (SSSR count). The van der Waals surface area contributed by atoms with E-state index in [1.165, 1.54) is 0 Å². The van der Waals surface area contributed by atoms with Gasteiger partial charge in [0.2, 0.25) is 0 Å². The number of hydrogen-bond donors (Lipinski definition) is 0. The summed E-state index contributed by atoms with van der Waals surface area (Å²) in [5, 5.41) is 6.60. The maximum atomic E-state index is 11.6. The smallest absolute Gasteiger partial charge is 0.152 e. The Morgan fingerprint density at radius 1 is 1.13 bits per heavy atom. The lowest BCUT2D eigenvalue weighted by Crippen LogP contribution is -2.22. The molecule has 4 aromatic rings. The van der Waals surface area contributed by atoms with E-state index in [0.29, 0.717) is 12.3 Å². The number of pyridine rings is 1. The molecule has 7 heteroatoms. The van der Waals surface area contributed by atoms with E-state index in [-0.39, 0.29) is 0 Å². The number of aryl methyl sites for hydroxylation is 2. The summed E-state index contributed by atoms with van der Waals surface area (Å²) in [7, 11) is -1.10. The monoisotopic (exact) mass is 420 g/mol. The van der Waals surface area contributed by atoms with Crippen LogP contribution in [0.5, 0.6) is 0 Å². The number of benzene rings is 1. The van der Waals surface area contributed by atoms with Crippen molar-refractivity contribution >= 4 is 36.3 Å². The first-order chi connectivity index (χ1) is 14.2. The topological polar surface area (TPSA) is 61.9 Å². The predicted octanol–water partition coefficient (Wildman–Crippen LogP) is 5.12. The van der Waals surface area contributed by atoms with Crippen LogP contribution in [0.25, 0.3) is 27.6 Å². The fourth-order valence-corrected chi connectivity index (χ4v) is 4.35. The van der Waals surface area contributed by atoms with Crippen LogP contribution < -0.4 is 0 Å². The Bertz CT molecular complexity index is 1230. The van der Waals surface area contributed by atoms with Gasteiger partial charge in [0, 0.05) is 54.8 Å². The molecule has 0 aliphatic heterocycles. The molecular weight excluding hydrogens is 392 g/mol. The van der Waals surface area contributed by atoms with Gasteiger partial charge in [-0.25, -0.2) is 9.67 Å². The van der Waals surface area contributed by atoms with E-state index >= 15 is 0 Å². The Labute approximate surface area is 177 Å². The average Bonchev–Trinajstić information content (AvgIpc) is 3.25. The minimum Gasteiger partial charge on any atom is -0.360 e. The van der Waals surface area contributed by atoms with E-state index in [0.717, 1.165) is 57.8 Å². The van der Waals surface area contributed by atoms with Crippen LogP contribution in [0.4, 0.5) is 0 Å². The van der Waals surface area contributed by atoms with Gasteiger partial charge in [-0.05, 0) is 49.7 Å². The fourth-order valence-electron chi connectivity index (χ4n) is 3.59. The highest BCUT2D eigenvalue weighted by molar-refractivity contribution is 6.76. The number of aldehydes is 1. The molecule has 3 heterocycles. The first kappa shape index (κ1) is 20.5. The highest BCUT2D eigenvalue weighted by Gasteiger charge is 2.14. The molecule has 0 aliphatic carbocycles. The standard InChI is InChI=1S/C23H28N4O2Si/c1-16-10-20(27-13-19(14-28)21-7-6-17(2)24-23(21)27)11-18-12-26(25-22(16)18)15-29-8-9-30(3,4)5/h6-7,10-14H,8-9,15H2,1-5H3. The summed E-state index contributed by atoms with van der Waals surface area (Å²) in [6, 6.07) is 9.21. The average molecular weight is 421 g/mol. The lowest BCUT2D eigenvalue weighted by atomic mass is 10.1. The van der Waals surface area contributed by atoms with E-state index in [4.69, 9.17) is 9.84 Å². The maximum Gasteiger partial charge on any atom is 0.152 e. The third-order valence-corrected chi connectivity index (χ3v) is 6.98. The molecule has 0 saturated heterocycles. The van der Waals surface area contributed by atoms with Crippen LogP contribution in [0.2, 0.25) is 25.7 Å². The Morgan fingerprint density at radius 2 is 1.93 bits per heavy atom. The van der Waals surface area contributed by atoms with Gasteiger partial charge in [0.05, 0.1) is 5.52 Å². The molecule has 0 amide bonds. The number of hydrogen-bond acceptors (Lipinski definition) is 4. The molecule has 0 N–H and O–H groups in total. The van der Waals surface area contributed by atoms with Crippen molar-refractivity contribution in [3.8, 4) is 5.69 Å². The van der Waals surface area contributed by atoms with E-state index in [2.05, 4.69) is 43.7 Å². The van der Waals surface area contributed by atoms with Crippen molar-refractivity contribution in [1.29, 1.82) is 0 Å².